The summed E-state index contributed by atoms with van der Waals surface area (Å²) >= 11 is 3.44. The van der Waals surface area contributed by atoms with Crippen molar-refractivity contribution in [2.45, 2.75) is 30.8 Å². The largest absolute Gasteiger partial charge is 0.494 e. The lowest BCUT2D eigenvalue weighted by atomic mass is 10.0. The van der Waals surface area contributed by atoms with E-state index in [9.17, 15) is 18.0 Å². The quantitative estimate of drug-likeness (QED) is 0.206. The van der Waals surface area contributed by atoms with Crippen molar-refractivity contribution < 1.29 is 22.7 Å². The van der Waals surface area contributed by atoms with Crippen molar-refractivity contribution in [1.82, 2.24) is 10.2 Å². The number of carbonyl (C=O) groups is 2. The molecule has 43 heavy (non-hydrogen) atoms. The van der Waals surface area contributed by atoms with Crippen molar-refractivity contribution in [3.8, 4) is 5.75 Å². The zero-order valence-electron chi connectivity index (χ0n) is 24.0. The maximum atomic E-state index is 14.3. The molecule has 224 valence electrons. The number of amides is 2. The van der Waals surface area contributed by atoms with Crippen molar-refractivity contribution >= 4 is 43.5 Å². The number of carbonyl (C=O) groups excluding carboxylic acids is 2. The highest BCUT2D eigenvalue weighted by Crippen LogP contribution is 2.27. The first-order valence-corrected chi connectivity index (χ1v) is 16.1. The van der Waals surface area contributed by atoms with Gasteiger partial charge in [-0.15, -0.1) is 0 Å². The van der Waals surface area contributed by atoms with E-state index in [1.165, 1.54) is 24.1 Å². The molecule has 8 nitrogen and oxygen atoms in total. The number of hydrogen-bond acceptors (Lipinski definition) is 5. The predicted molar refractivity (Wildman–Crippen MR) is 171 cm³/mol. The molecule has 4 aromatic rings. The van der Waals surface area contributed by atoms with Crippen LogP contribution in [0.25, 0.3) is 0 Å². The Kier molecular flexibility index (Phi) is 11.0. The van der Waals surface area contributed by atoms with Crippen LogP contribution in [0.3, 0.4) is 0 Å². The third-order valence-electron chi connectivity index (χ3n) is 6.83. The molecule has 0 aliphatic carbocycles. The number of likely N-dealkylation sites (N-methyl/N-ethyl adjacent to an activating group) is 1. The molecule has 0 saturated heterocycles. The molecule has 1 N–H and O–H groups in total. The molecule has 0 aromatic heterocycles. The number of rotatable bonds is 13. The number of nitrogens with zero attached hydrogens (tertiary/aromatic N) is 2. The minimum absolute atomic E-state index is 0.0447. The van der Waals surface area contributed by atoms with Gasteiger partial charge in [-0.2, -0.15) is 0 Å². The number of hydrogen-bond donors (Lipinski definition) is 1. The van der Waals surface area contributed by atoms with Gasteiger partial charge in [0, 0.05) is 24.5 Å². The van der Waals surface area contributed by atoms with Crippen LogP contribution in [0.15, 0.2) is 119 Å². The molecule has 0 saturated carbocycles. The normalized spacial score (nSPS) is 11.8. The van der Waals surface area contributed by atoms with E-state index in [1.54, 1.807) is 42.5 Å². The lowest BCUT2D eigenvalue weighted by Gasteiger charge is -2.33. The van der Waals surface area contributed by atoms with Gasteiger partial charge < -0.3 is 15.0 Å². The third-order valence-corrected chi connectivity index (χ3v) is 9.15. The maximum Gasteiger partial charge on any atom is 0.264 e. The molecule has 4 rings (SSSR count). The smallest absolute Gasteiger partial charge is 0.264 e. The van der Waals surface area contributed by atoms with E-state index in [0.717, 1.165) is 19.9 Å². The maximum absolute atomic E-state index is 14.3. The average molecular weight is 665 g/mol. The Morgan fingerprint density at radius 1 is 0.837 bits per heavy atom. The Morgan fingerprint density at radius 3 is 2.02 bits per heavy atom. The molecule has 0 aliphatic rings. The number of nitrogens with one attached hydrogen (secondary N) is 1. The third kappa shape index (κ3) is 8.24. The van der Waals surface area contributed by atoms with Gasteiger partial charge in [-0.05, 0) is 66.6 Å². The van der Waals surface area contributed by atoms with Gasteiger partial charge in [0.2, 0.25) is 11.8 Å². The first kappa shape index (κ1) is 31.8. The fourth-order valence-electron chi connectivity index (χ4n) is 4.63. The van der Waals surface area contributed by atoms with E-state index in [2.05, 4.69) is 21.2 Å². The van der Waals surface area contributed by atoms with Crippen molar-refractivity contribution in [3.63, 3.8) is 0 Å². The average Bonchev–Trinajstić information content (AvgIpc) is 3.03. The summed E-state index contributed by atoms with van der Waals surface area (Å²) in [6.45, 7) is 1.89. The molecule has 0 bridgehead atoms. The standard InChI is InChI=1S/C33H34BrN3O5S/c1-3-42-29-20-18-28(19-21-29)37(43(40,41)30-12-8-5-9-13-30)24-32(38)36(23-26-14-16-27(34)17-15-26)31(33(39)35-2)22-25-10-6-4-7-11-25/h4-21,31H,3,22-24H2,1-2H3,(H,35,39)/t31-/m0/s1. The number of anilines is 1. The van der Waals surface area contributed by atoms with E-state index in [4.69, 9.17) is 4.74 Å². The molecule has 2 amide bonds. The number of benzene rings is 4. The Balaban J connectivity index is 1.77. The predicted octanol–water partition coefficient (Wildman–Crippen LogP) is 5.43. The summed E-state index contributed by atoms with van der Waals surface area (Å²) in [6, 6.07) is 30.5. The first-order valence-electron chi connectivity index (χ1n) is 13.8. The van der Waals surface area contributed by atoms with E-state index in [-0.39, 0.29) is 23.8 Å². The van der Waals surface area contributed by atoms with Crippen LogP contribution >= 0.6 is 15.9 Å². The van der Waals surface area contributed by atoms with Crippen molar-refractivity contribution in [3.05, 3.63) is 125 Å². The number of halogens is 1. The zero-order valence-corrected chi connectivity index (χ0v) is 26.4. The van der Waals surface area contributed by atoms with E-state index >= 15 is 0 Å². The summed E-state index contributed by atoms with van der Waals surface area (Å²) in [4.78, 5) is 29.1. The highest BCUT2D eigenvalue weighted by atomic mass is 79.9. The molecule has 0 unspecified atom stereocenters. The topological polar surface area (TPSA) is 96.0 Å². The highest BCUT2D eigenvalue weighted by Gasteiger charge is 2.34. The molecule has 0 radical (unpaired) electrons. The Labute approximate surface area is 261 Å². The second-order valence-corrected chi connectivity index (χ2v) is 12.5. The lowest BCUT2D eigenvalue weighted by molar-refractivity contribution is -0.139. The van der Waals surface area contributed by atoms with Gasteiger partial charge in [-0.1, -0.05) is 76.6 Å². The van der Waals surface area contributed by atoms with Crippen LogP contribution in [0.5, 0.6) is 5.75 Å². The van der Waals surface area contributed by atoms with Crippen LogP contribution in [0.1, 0.15) is 18.1 Å². The summed E-state index contributed by atoms with van der Waals surface area (Å²) in [5.41, 5.74) is 1.95. The molecule has 0 spiro atoms. The van der Waals surface area contributed by atoms with Crippen LogP contribution in [0, 0.1) is 0 Å². The second kappa shape index (κ2) is 14.8. The van der Waals surface area contributed by atoms with E-state index in [0.29, 0.717) is 18.0 Å². The van der Waals surface area contributed by atoms with Crippen molar-refractivity contribution in [2.24, 2.45) is 0 Å². The number of ether oxygens (including phenoxy) is 1. The van der Waals surface area contributed by atoms with Gasteiger partial charge in [0.15, 0.2) is 0 Å². The lowest BCUT2D eigenvalue weighted by Crippen LogP contribution is -2.53. The van der Waals surface area contributed by atoms with Crippen LogP contribution < -0.4 is 14.4 Å². The van der Waals surface area contributed by atoms with Gasteiger partial charge in [-0.3, -0.25) is 13.9 Å². The van der Waals surface area contributed by atoms with Crippen molar-refractivity contribution in [2.75, 3.05) is 24.5 Å². The minimum atomic E-state index is -4.16. The summed E-state index contributed by atoms with van der Waals surface area (Å²) < 4.78 is 35.5. The summed E-state index contributed by atoms with van der Waals surface area (Å²) in [6.07, 6.45) is 0.247. The fourth-order valence-corrected chi connectivity index (χ4v) is 6.33. The number of sulfonamides is 1. The fraction of sp³-hybridized carbons (Fsp3) is 0.212. The zero-order chi connectivity index (χ0) is 30.8. The summed E-state index contributed by atoms with van der Waals surface area (Å²) in [5.74, 6) is -0.303. The van der Waals surface area contributed by atoms with Gasteiger partial charge in [0.1, 0.15) is 18.3 Å². The molecular weight excluding hydrogens is 630 g/mol. The molecule has 4 aromatic carbocycles. The van der Waals surface area contributed by atoms with Crippen LogP contribution in [0.2, 0.25) is 0 Å². The first-order chi connectivity index (χ1) is 20.7. The molecule has 1 atom stereocenters. The molecule has 0 fully saturated rings. The van der Waals surface area contributed by atoms with E-state index in [1.807, 2.05) is 61.5 Å². The monoisotopic (exact) mass is 663 g/mol. The summed E-state index contributed by atoms with van der Waals surface area (Å²) in [5, 5.41) is 2.69. The Hall–Kier alpha value is -4.15. The second-order valence-electron chi connectivity index (χ2n) is 9.72. The molecular formula is C33H34BrN3O5S. The Morgan fingerprint density at radius 2 is 1.44 bits per heavy atom. The van der Waals surface area contributed by atoms with Gasteiger partial charge in [0.25, 0.3) is 10.0 Å². The molecule has 0 aliphatic heterocycles. The van der Waals surface area contributed by atoms with Crippen LogP contribution in [0.4, 0.5) is 5.69 Å². The highest BCUT2D eigenvalue weighted by molar-refractivity contribution is 9.10. The van der Waals surface area contributed by atoms with Crippen LogP contribution in [-0.4, -0.2) is 51.4 Å². The molecule has 10 heteroatoms. The summed E-state index contributed by atoms with van der Waals surface area (Å²) in [7, 11) is -2.64. The SMILES string of the molecule is CCOc1ccc(N(CC(=O)N(Cc2ccc(Br)cc2)[C@@H](Cc2ccccc2)C(=O)NC)S(=O)(=O)c2ccccc2)cc1. The molecule has 0 heterocycles. The van der Waals surface area contributed by atoms with E-state index < -0.39 is 28.5 Å². The van der Waals surface area contributed by atoms with Gasteiger partial charge in [0.05, 0.1) is 17.2 Å². The van der Waals surface area contributed by atoms with Crippen LogP contribution in [-0.2, 0) is 32.6 Å². The minimum Gasteiger partial charge on any atom is -0.494 e. The van der Waals surface area contributed by atoms with Gasteiger partial charge in [-0.25, -0.2) is 8.42 Å². The van der Waals surface area contributed by atoms with Crippen molar-refractivity contribution in [1.29, 1.82) is 0 Å². The Bertz CT molecular complexity index is 1600. The van der Waals surface area contributed by atoms with Gasteiger partial charge >= 0.3 is 0 Å².